The lowest BCUT2D eigenvalue weighted by molar-refractivity contribution is 0.135. The molecule has 13 heteroatoms. The molecule has 0 spiro atoms. The number of anilines is 3. The lowest BCUT2D eigenvalue weighted by atomic mass is 9.93. The van der Waals surface area contributed by atoms with Crippen LogP contribution in [-0.2, 0) is 18.0 Å². The molecule has 0 saturated carbocycles. The molecule has 44 heavy (non-hydrogen) atoms. The van der Waals surface area contributed by atoms with Crippen LogP contribution in [0.25, 0.3) is 32.2 Å². The number of likely N-dealkylation sites (N-methyl/N-ethyl adjacent to an activating group) is 1. The number of thiophene rings is 1. The molecule has 0 radical (unpaired) electrons. The highest BCUT2D eigenvalue weighted by Crippen LogP contribution is 2.48. The number of hydrogen-bond acceptors (Lipinski definition) is 11. The highest BCUT2D eigenvalue weighted by atomic mass is 32.1. The molecule has 3 N–H and O–H groups in total. The number of pyridine rings is 1. The highest BCUT2D eigenvalue weighted by Gasteiger charge is 2.43. The van der Waals surface area contributed by atoms with Crippen molar-refractivity contribution < 1.29 is 13.5 Å². The molecular weight excluding hydrogens is 584 g/mol. The molecule has 2 unspecified atom stereocenters. The molecule has 4 saturated heterocycles. The third-order valence-electron chi connectivity index (χ3n) is 10.5. The van der Waals surface area contributed by atoms with Gasteiger partial charge in [-0.2, -0.15) is 10.2 Å². The normalized spacial score (nSPS) is 26.2. The van der Waals surface area contributed by atoms with E-state index in [4.69, 9.17) is 20.4 Å². The number of piperazine rings is 1. The van der Waals surface area contributed by atoms with Crippen molar-refractivity contribution in [3.8, 4) is 17.3 Å². The zero-order chi connectivity index (χ0) is 29.9. The molecule has 9 rings (SSSR count). The van der Waals surface area contributed by atoms with Gasteiger partial charge in [0.1, 0.15) is 22.4 Å². The Morgan fingerprint density at radius 3 is 2.66 bits per heavy atom. The first-order valence-electron chi connectivity index (χ1n) is 15.3. The Balaban J connectivity index is 1.32. The van der Waals surface area contributed by atoms with E-state index in [0.29, 0.717) is 28.9 Å². The van der Waals surface area contributed by atoms with E-state index in [9.17, 15) is 9.65 Å². The van der Waals surface area contributed by atoms with E-state index in [1.54, 1.807) is 0 Å². The van der Waals surface area contributed by atoms with Crippen LogP contribution in [0.2, 0.25) is 0 Å². The maximum absolute atomic E-state index is 17.3. The summed E-state index contributed by atoms with van der Waals surface area (Å²) in [5.74, 6) is 0.680. The largest absolute Gasteiger partial charge is 0.389 e. The Hall–Kier alpha value is -3.70. The Bertz CT molecular complexity index is 1910. The minimum atomic E-state index is -0.596. The Morgan fingerprint density at radius 1 is 1.09 bits per heavy atom. The van der Waals surface area contributed by atoms with Gasteiger partial charge in [-0.05, 0) is 49.9 Å². The standard InChI is InChI=1S/C31H31F2N9OS/c1-40-5-4-14-10-41(11-21(14)40)31-38-27-24(30(39-31)42-15-2-3-16(42)8-36-7-15)19-13-43-12-18(19)22(25(27)33)26-23-17(6-34)29(35)44-28(23)20(32)9-37-26/h9,14-16,21,36H,2-5,7-8,10-13,35H2,1H3/t14-,15?,16?,21+/m0/s1. The number of likely N-dealkylation sites (tertiary alicyclic amines) is 1. The summed E-state index contributed by atoms with van der Waals surface area (Å²) < 4.78 is 38.5. The van der Waals surface area contributed by atoms with Gasteiger partial charge < -0.3 is 30.5 Å². The summed E-state index contributed by atoms with van der Waals surface area (Å²) >= 11 is 0.975. The van der Waals surface area contributed by atoms with Gasteiger partial charge in [-0.1, -0.05) is 0 Å². The summed E-state index contributed by atoms with van der Waals surface area (Å²) in [7, 11) is 2.16. The zero-order valence-corrected chi connectivity index (χ0v) is 25.1. The number of fused-ring (bicyclic) bond motifs is 7. The van der Waals surface area contributed by atoms with Crippen molar-refractivity contribution in [2.45, 2.75) is 50.6 Å². The molecule has 5 aliphatic rings. The average molecular weight is 616 g/mol. The van der Waals surface area contributed by atoms with Gasteiger partial charge in [-0.15, -0.1) is 11.3 Å². The predicted octanol–water partition coefficient (Wildman–Crippen LogP) is 3.75. The molecule has 226 valence electrons. The Labute approximate surface area is 256 Å². The molecule has 4 atom stereocenters. The van der Waals surface area contributed by atoms with E-state index in [1.165, 1.54) is 0 Å². The van der Waals surface area contributed by atoms with Gasteiger partial charge in [0.25, 0.3) is 0 Å². The van der Waals surface area contributed by atoms with Crippen LogP contribution >= 0.6 is 11.3 Å². The molecule has 10 nitrogen and oxygen atoms in total. The van der Waals surface area contributed by atoms with Crippen LogP contribution in [0.4, 0.5) is 25.5 Å². The van der Waals surface area contributed by atoms with Crippen LogP contribution in [0.5, 0.6) is 0 Å². The molecular formula is C31H31F2N9OS. The molecule has 8 heterocycles. The van der Waals surface area contributed by atoms with E-state index < -0.39 is 11.6 Å². The molecule has 2 bridgehead atoms. The van der Waals surface area contributed by atoms with Crippen molar-refractivity contribution in [1.82, 2.24) is 25.2 Å². The molecule has 1 aromatic carbocycles. The number of ether oxygens (including phenoxy) is 1. The van der Waals surface area contributed by atoms with Crippen LogP contribution in [-0.4, -0.2) is 77.7 Å². The lowest BCUT2D eigenvalue weighted by Gasteiger charge is -2.37. The van der Waals surface area contributed by atoms with Crippen molar-refractivity contribution in [1.29, 1.82) is 5.26 Å². The molecule has 0 amide bonds. The average Bonchev–Trinajstić information content (AvgIpc) is 3.84. The van der Waals surface area contributed by atoms with Crippen LogP contribution in [0, 0.1) is 28.9 Å². The number of nitrogens with zero attached hydrogens (tertiary/aromatic N) is 7. The third kappa shape index (κ3) is 3.62. The first-order chi connectivity index (χ1) is 21.4. The fourth-order valence-corrected chi connectivity index (χ4v) is 9.34. The third-order valence-corrected chi connectivity index (χ3v) is 11.6. The zero-order valence-electron chi connectivity index (χ0n) is 24.2. The number of nitrogens with one attached hydrogen (secondary N) is 1. The summed E-state index contributed by atoms with van der Waals surface area (Å²) in [5.41, 5.74) is 8.31. The number of nitrogens with two attached hydrogens (primary N) is 1. The first kappa shape index (κ1) is 26.7. The lowest BCUT2D eigenvalue weighted by Crippen LogP contribution is -2.52. The van der Waals surface area contributed by atoms with Crippen molar-refractivity contribution in [3.05, 3.63) is 34.5 Å². The minimum absolute atomic E-state index is 0.105. The number of aromatic nitrogens is 3. The topological polar surface area (TPSA) is 119 Å². The predicted molar refractivity (Wildman–Crippen MR) is 165 cm³/mol. The van der Waals surface area contributed by atoms with E-state index >= 15 is 4.39 Å². The smallest absolute Gasteiger partial charge is 0.228 e. The maximum Gasteiger partial charge on any atom is 0.228 e. The molecule has 5 aliphatic heterocycles. The number of hydrogen-bond donors (Lipinski definition) is 2. The fourth-order valence-electron chi connectivity index (χ4n) is 8.42. The number of halogens is 2. The van der Waals surface area contributed by atoms with E-state index in [0.717, 1.165) is 80.9 Å². The summed E-state index contributed by atoms with van der Waals surface area (Å²) in [5, 5.41) is 14.6. The first-order valence-corrected chi connectivity index (χ1v) is 16.1. The second kappa shape index (κ2) is 9.65. The Kier molecular flexibility index (Phi) is 5.85. The molecule has 3 aromatic heterocycles. The maximum atomic E-state index is 17.3. The van der Waals surface area contributed by atoms with Crippen LogP contribution in [0.3, 0.4) is 0 Å². The van der Waals surface area contributed by atoms with Crippen LogP contribution < -0.4 is 20.9 Å². The summed E-state index contributed by atoms with van der Waals surface area (Å²) in [6.07, 6.45) is 4.30. The summed E-state index contributed by atoms with van der Waals surface area (Å²) in [4.78, 5) is 21.6. The number of nitriles is 1. The molecule has 0 aliphatic carbocycles. The second-order valence-corrected chi connectivity index (χ2v) is 13.8. The summed E-state index contributed by atoms with van der Waals surface area (Å²) in [6, 6.07) is 3.04. The van der Waals surface area contributed by atoms with Crippen molar-refractivity contribution in [2.24, 2.45) is 5.92 Å². The van der Waals surface area contributed by atoms with Crippen molar-refractivity contribution in [2.75, 3.05) is 55.3 Å². The van der Waals surface area contributed by atoms with Gasteiger partial charge in [0.05, 0.1) is 40.8 Å². The second-order valence-electron chi connectivity index (χ2n) is 12.8. The van der Waals surface area contributed by atoms with E-state index in [2.05, 4.69) is 38.1 Å². The SMILES string of the molecule is CN1CC[C@H]2CN(c3nc(N4C5CCC4CNC5)c4c5c(c(-c6ncc(F)c7sc(N)c(C#N)c67)c(F)c4n3)COC5)C[C@H]21. The van der Waals surface area contributed by atoms with Gasteiger partial charge in [0, 0.05) is 55.3 Å². The number of rotatable bonds is 3. The van der Waals surface area contributed by atoms with Gasteiger partial charge >= 0.3 is 0 Å². The Morgan fingerprint density at radius 2 is 1.89 bits per heavy atom. The van der Waals surface area contributed by atoms with Gasteiger partial charge in [0.2, 0.25) is 5.95 Å². The quantitative estimate of drug-likeness (QED) is 0.353. The fraction of sp³-hybridized carbons (Fsp3) is 0.484. The van der Waals surface area contributed by atoms with Crippen molar-refractivity contribution in [3.63, 3.8) is 0 Å². The van der Waals surface area contributed by atoms with Crippen LogP contribution in [0.15, 0.2) is 6.20 Å². The highest BCUT2D eigenvalue weighted by molar-refractivity contribution is 7.23. The van der Waals surface area contributed by atoms with Gasteiger partial charge in [-0.25, -0.2) is 13.8 Å². The molecule has 4 fully saturated rings. The summed E-state index contributed by atoms with van der Waals surface area (Å²) in [6.45, 7) is 4.84. The number of nitrogen functional groups attached to an aromatic ring is 1. The number of benzene rings is 1. The van der Waals surface area contributed by atoms with Crippen LogP contribution in [0.1, 0.15) is 36.0 Å². The minimum Gasteiger partial charge on any atom is -0.389 e. The monoisotopic (exact) mass is 615 g/mol. The van der Waals surface area contributed by atoms with Crippen molar-refractivity contribution >= 4 is 49.1 Å². The van der Waals surface area contributed by atoms with E-state index in [-0.39, 0.29) is 62.7 Å². The van der Waals surface area contributed by atoms with Gasteiger partial charge in [0.15, 0.2) is 11.6 Å². The van der Waals surface area contributed by atoms with E-state index in [1.807, 2.05) is 0 Å². The van der Waals surface area contributed by atoms with Gasteiger partial charge in [-0.3, -0.25) is 4.98 Å². The molecule has 4 aromatic rings.